The van der Waals surface area contributed by atoms with E-state index in [0.29, 0.717) is 29.7 Å². The van der Waals surface area contributed by atoms with Crippen LogP contribution in [0.1, 0.15) is 12.8 Å². The summed E-state index contributed by atoms with van der Waals surface area (Å²) in [5.74, 6) is 0.463. The molecule has 0 bridgehead atoms. The number of ether oxygens (including phenoxy) is 1. The molecule has 6 nitrogen and oxygen atoms in total. The standard InChI is InChI=1S/C13H19BrN2O4S/c1-20-12-6-10(14)11(15)7-13(12)21(18,19)16-4-2-9(8-16)3-5-17/h6-7,9,17H,2-5,8,15H2,1H3. The Hall–Kier alpha value is -0.830. The highest BCUT2D eigenvalue weighted by molar-refractivity contribution is 9.10. The van der Waals surface area contributed by atoms with E-state index < -0.39 is 10.0 Å². The summed E-state index contributed by atoms with van der Waals surface area (Å²) in [6.07, 6.45) is 1.37. The van der Waals surface area contributed by atoms with E-state index in [0.717, 1.165) is 6.42 Å². The molecule has 0 saturated carbocycles. The number of methoxy groups -OCH3 is 1. The van der Waals surface area contributed by atoms with Crippen LogP contribution in [0, 0.1) is 5.92 Å². The van der Waals surface area contributed by atoms with Crippen LogP contribution in [0.3, 0.4) is 0 Å². The predicted molar refractivity (Wildman–Crippen MR) is 83.7 cm³/mol. The average molecular weight is 379 g/mol. The monoisotopic (exact) mass is 378 g/mol. The second-order valence-corrected chi connectivity index (χ2v) is 7.82. The molecular formula is C13H19BrN2O4S. The van der Waals surface area contributed by atoms with E-state index in [1.165, 1.54) is 17.5 Å². The normalized spacial score (nSPS) is 19.9. The van der Waals surface area contributed by atoms with Crippen LogP contribution in [0.25, 0.3) is 0 Å². The van der Waals surface area contributed by atoms with Gasteiger partial charge in [-0.1, -0.05) is 0 Å². The molecule has 1 aliphatic rings. The number of nitrogens with zero attached hydrogens (tertiary/aromatic N) is 1. The predicted octanol–water partition coefficient (Wildman–Crippen LogP) is 1.43. The molecule has 0 amide bonds. The van der Waals surface area contributed by atoms with Gasteiger partial charge in [-0.2, -0.15) is 4.31 Å². The van der Waals surface area contributed by atoms with Crippen molar-refractivity contribution in [2.75, 3.05) is 32.5 Å². The molecule has 3 N–H and O–H groups in total. The molecule has 0 aromatic heterocycles. The van der Waals surface area contributed by atoms with Gasteiger partial charge in [-0.25, -0.2) is 8.42 Å². The molecule has 21 heavy (non-hydrogen) atoms. The van der Waals surface area contributed by atoms with Crippen LogP contribution < -0.4 is 10.5 Å². The summed E-state index contributed by atoms with van der Waals surface area (Å²) in [7, 11) is -2.22. The number of sulfonamides is 1. The van der Waals surface area contributed by atoms with Gasteiger partial charge in [0, 0.05) is 29.9 Å². The number of hydrogen-bond acceptors (Lipinski definition) is 5. The summed E-state index contributed by atoms with van der Waals surface area (Å²) in [5.41, 5.74) is 6.14. The number of rotatable bonds is 5. The van der Waals surface area contributed by atoms with Crippen LogP contribution >= 0.6 is 15.9 Å². The van der Waals surface area contributed by atoms with E-state index >= 15 is 0 Å². The first-order valence-corrected chi connectivity index (χ1v) is 8.87. The minimum Gasteiger partial charge on any atom is -0.495 e. The maximum Gasteiger partial charge on any atom is 0.246 e. The maximum atomic E-state index is 12.7. The molecule has 2 rings (SSSR count). The molecule has 1 aromatic rings. The van der Waals surface area contributed by atoms with Gasteiger partial charge in [0.1, 0.15) is 10.6 Å². The summed E-state index contributed by atoms with van der Waals surface area (Å²) in [4.78, 5) is 0.0790. The van der Waals surface area contributed by atoms with Crippen molar-refractivity contribution in [2.45, 2.75) is 17.7 Å². The Morgan fingerprint density at radius 1 is 1.52 bits per heavy atom. The first kappa shape index (κ1) is 16.5. The van der Waals surface area contributed by atoms with Crippen molar-refractivity contribution in [2.24, 2.45) is 5.92 Å². The maximum absolute atomic E-state index is 12.7. The van der Waals surface area contributed by atoms with Gasteiger partial charge in [-0.15, -0.1) is 0 Å². The molecule has 0 aliphatic carbocycles. The average Bonchev–Trinajstić information content (AvgIpc) is 2.91. The molecule has 0 radical (unpaired) electrons. The fourth-order valence-corrected chi connectivity index (χ4v) is 4.51. The van der Waals surface area contributed by atoms with E-state index in [2.05, 4.69) is 15.9 Å². The van der Waals surface area contributed by atoms with Crippen molar-refractivity contribution in [1.29, 1.82) is 0 Å². The van der Waals surface area contributed by atoms with Crippen LogP contribution in [0.15, 0.2) is 21.5 Å². The number of nitrogen functional groups attached to an aromatic ring is 1. The van der Waals surface area contributed by atoms with E-state index in [1.54, 1.807) is 6.07 Å². The fraction of sp³-hybridized carbons (Fsp3) is 0.538. The third kappa shape index (κ3) is 3.33. The van der Waals surface area contributed by atoms with Crippen molar-refractivity contribution >= 4 is 31.6 Å². The second kappa shape index (κ2) is 6.51. The van der Waals surface area contributed by atoms with Gasteiger partial charge < -0.3 is 15.6 Å². The Morgan fingerprint density at radius 3 is 2.86 bits per heavy atom. The Balaban J connectivity index is 2.34. The zero-order chi connectivity index (χ0) is 15.6. The van der Waals surface area contributed by atoms with Gasteiger partial charge in [0.2, 0.25) is 10.0 Å². The first-order chi connectivity index (χ1) is 9.90. The van der Waals surface area contributed by atoms with Crippen molar-refractivity contribution in [1.82, 2.24) is 4.31 Å². The molecule has 1 unspecified atom stereocenters. The molecule has 8 heteroatoms. The third-order valence-electron chi connectivity index (χ3n) is 3.69. The summed E-state index contributed by atoms with van der Waals surface area (Å²) in [6.45, 7) is 0.946. The summed E-state index contributed by atoms with van der Waals surface area (Å²) < 4.78 is 32.7. The third-order valence-corrected chi connectivity index (χ3v) is 6.26. The lowest BCUT2D eigenvalue weighted by atomic mass is 10.1. The second-order valence-electron chi connectivity index (χ2n) is 5.05. The molecule has 0 spiro atoms. The SMILES string of the molecule is COc1cc(Br)c(N)cc1S(=O)(=O)N1CCC(CCO)C1. The topological polar surface area (TPSA) is 92.9 Å². The van der Waals surface area contributed by atoms with Crippen LogP contribution in [-0.2, 0) is 10.0 Å². The summed E-state index contributed by atoms with van der Waals surface area (Å²) in [5, 5.41) is 8.97. The van der Waals surface area contributed by atoms with Crippen molar-refractivity contribution in [3.05, 3.63) is 16.6 Å². The molecular weight excluding hydrogens is 360 g/mol. The van der Waals surface area contributed by atoms with Gasteiger partial charge in [-0.3, -0.25) is 0 Å². The number of hydrogen-bond donors (Lipinski definition) is 2. The number of benzene rings is 1. The van der Waals surface area contributed by atoms with Gasteiger partial charge in [-0.05, 0) is 46.8 Å². The molecule has 1 aromatic carbocycles. The molecule has 118 valence electrons. The minimum atomic E-state index is -3.65. The Labute approximate surface area is 133 Å². The molecule has 1 aliphatic heterocycles. The van der Waals surface area contributed by atoms with E-state index in [-0.39, 0.29) is 23.2 Å². The molecule has 1 saturated heterocycles. The van der Waals surface area contributed by atoms with E-state index in [1.807, 2.05) is 0 Å². The minimum absolute atomic E-state index is 0.0765. The largest absolute Gasteiger partial charge is 0.495 e. The lowest BCUT2D eigenvalue weighted by molar-refractivity contribution is 0.259. The molecule has 1 atom stereocenters. The zero-order valence-electron chi connectivity index (χ0n) is 11.8. The highest BCUT2D eigenvalue weighted by Crippen LogP contribution is 2.35. The molecule has 1 fully saturated rings. The molecule has 1 heterocycles. The van der Waals surface area contributed by atoms with Crippen LogP contribution in [0.2, 0.25) is 0 Å². The number of halogens is 1. The van der Waals surface area contributed by atoms with Crippen molar-refractivity contribution in [3.63, 3.8) is 0 Å². The smallest absolute Gasteiger partial charge is 0.246 e. The van der Waals surface area contributed by atoms with Crippen LogP contribution in [0.5, 0.6) is 5.75 Å². The Kier molecular flexibility index (Phi) is 5.13. The number of nitrogens with two attached hydrogens (primary N) is 1. The summed E-state index contributed by atoms with van der Waals surface area (Å²) >= 11 is 3.26. The van der Waals surface area contributed by atoms with Crippen molar-refractivity contribution in [3.8, 4) is 5.75 Å². The lowest BCUT2D eigenvalue weighted by Crippen LogP contribution is -2.29. The highest BCUT2D eigenvalue weighted by Gasteiger charge is 2.34. The summed E-state index contributed by atoms with van der Waals surface area (Å²) in [6, 6.07) is 2.97. The van der Waals surface area contributed by atoms with Crippen molar-refractivity contribution < 1.29 is 18.3 Å². The van der Waals surface area contributed by atoms with Gasteiger partial charge in [0.15, 0.2) is 0 Å². The Morgan fingerprint density at radius 2 is 2.24 bits per heavy atom. The number of aliphatic hydroxyl groups is 1. The first-order valence-electron chi connectivity index (χ1n) is 6.64. The van der Waals surface area contributed by atoms with E-state index in [4.69, 9.17) is 15.6 Å². The van der Waals surface area contributed by atoms with Gasteiger partial charge in [0.25, 0.3) is 0 Å². The zero-order valence-corrected chi connectivity index (χ0v) is 14.2. The van der Waals surface area contributed by atoms with Crippen LogP contribution in [0.4, 0.5) is 5.69 Å². The highest BCUT2D eigenvalue weighted by atomic mass is 79.9. The number of aliphatic hydroxyl groups excluding tert-OH is 1. The lowest BCUT2D eigenvalue weighted by Gasteiger charge is -2.19. The quantitative estimate of drug-likeness (QED) is 0.756. The van der Waals surface area contributed by atoms with Crippen LogP contribution in [-0.4, -0.2) is 44.6 Å². The Bertz CT molecular complexity index is 621. The fourth-order valence-electron chi connectivity index (χ4n) is 2.48. The van der Waals surface area contributed by atoms with Gasteiger partial charge in [0.05, 0.1) is 7.11 Å². The number of anilines is 1. The van der Waals surface area contributed by atoms with Gasteiger partial charge >= 0.3 is 0 Å². The van der Waals surface area contributed by atoms with E-state index in [9.17, 15) is 8.42 Å².